The Morgan fingerprint density at radius 3 is 2.81 bits per heavy atom. The lowest BCUT2D eigenvalue weighted by atomic mass is 10.1. The van der Waals surface area contributed by atoms with Crippen molar-refractivity contribution in [2.24, 2.45) is 5.92 Å². The highest BCUT2D eigenvalue weighted by atomic mass is 35.5. The zero-order valence-electron chi connectivity index (χ0n) is 8.61. The molecule has 2 rings (SSSR count). The van der Waals surface area contributed by atoms with E-state index in [1.807, 2.05) is 12.1 Å². The molecule has 0 aliphatic carbocycles. The fourth-order valence-electron chi connectivity index (χ4n) is 1.38. The zero-order valence-corrected chi connectivity index (χ0v) is 9.37. The fraction of sp³-hybridized carbons (Fsp3) is 0.364. The molecule has 0 saturated carbocycles. The molecule has 16 heavy (non-hydrogen) atoms. The lowest BCUT2D eigenvalue weighted by Crippen LogP contribution is -2.41. The molecule has 0 bridgehead atoms. The Labute approximate surface area is 98.5 Å². The lowest BCUT2D eigenvalue weighted by molar-refractivity contribution is 0.0837. The molecule has 1 fully saturated rings. The molecule has 1 heterocycles. The van der Waals surface area contributed by atoms with Crippen molar-refractivity contribution in [3.05, 3.63) is 29.3 Å². The molecule has 1 aliphatic rings. The Morgan fingerprint density at radius 1 is 1.44 bits per heavy atom. The van der Waals surface area contributed by atoms with Gasteiger partial charge in [0, 0.05) is 17.5 Å². The number of carbonyl (C=O) groups is 1. The van der Waals surface area contributed by atoms with E-state index in [0.29, 0.717) is 24.8 Å². The van der Waals surface area contributed by atoms with Crippen molar-refractivity contribution in [1.82, 2.24) is 5.32 Å². The van der Waals surface area contributed by atoms with Crippen LogP contribution in [0, 0.1) is 5.92 Å². The van der Waals surface area contributed by atoms with E-state index in [4.69, 9.17) is 21.1 Å². The predicted molar refractivity (Wildman–Crippen MR) is 59.8 cm³/mol. The third kappa shape index (κ3) is 3.03. The monoisotopic (exact) mass is 241 g/mol. The second kappa shape index (κ2) is 5.07. The van der Waals surface area contributed by atoms with Crippen molar-refractivity contribution in [3.63, 3.8) is 0 Å². The summed E-state index contributed by atoms with van der Waals surface area (Å²) in [5, 5.41) is 3.30. The SMILES string of the molecule is O=C1NCC(COc2ccc(Cl)cc2)CO1. The van der Waals surface area contributed by atoms with Crippen molar-refractivity contribution in [2.75, 3.05) is 19.8 Å². The van der Waals surface area contributed by atoms with Crippen molar-refractivity contribution >= 4 is 17.7 Å². The Morgan fingerprint density at radius 2 is 2.19 bits per heavy atom. The number of rotatable bonds is 3. The molecule has 1 saturated heterocycles. The maximum atomic E-state index is 10.7. The smallest absolute Gasteiger partial charge is 0.407 e. The average Bonchev–Trinajstić information content (AvgIpc) is 2.30. The first-order valence-corrected chi connectivity index (χ1v) is 5.41. The molecule has 0 radical (unpaired) electrons. The standard InChI is InChI=1S/C11H12ClNO3/c12-9-1-3-10(4-2-9)15-6-8-5-13-11(14)16-7-8/h1-4,8H,5-7H2,(H,13,14). The van der Waals surface area contributed by atoms with E-state index in [1.54, 1.807) is 12.1 Å². The number of halogens is 1. The number of ether oxygens (including phenoxy) is 2. The average molecular weight is 242 g/mol. The summed E-state index contributed by atoms with van der Waals surface area (Å²) in [6, 6.07) is 7.17. The van der Waals surface area contributed by atoms with Crippen LogP contribution in [0.1, 0.15) is 0 Å². The minimum atomic E-state index is -0.359. The molecule has 1 atom stereocenters. The predicted octanol–water partition coefficient (Wildman–Crippen LogP) is 2.07. The van der Waals surface area contributed by atoms with Gasteiger partial charge < -0.3 is 14.8 Å². The molecular weight excluding hydrogens is 230 g/mol. The minimum Gasteiger partial charge on any atom is -0.493 e. The van der Waals surface area contributed by atoms with Crippen LogP contribution >= 0.6 is 11.6 Å². The van der Waals surface area contributed by atoms with Crippen molar-refractivity contribution < 1.29 is 14.3 Å². The molecule has 1 aromatic carbocycles. The van der Waals surface area contributed by atoms with Crippen LogP contribution in [0.25, 0.3) is 0 Å². The van der Waals surface area contributed by atoms with Gasteiger partial charge in [-0.3, -0.25) is 0 Å². The number of hydrogen-bond donors (Lipinski definition) is 1. The topological polar surface area (TPSA) is 47.6 Å². The van der Waals surface area contributed by atoms with E-state index in [9.17, 15) is 4.79 Å². The summed E-state index contributed by atoms with van der Waals surface area (Å²) in [7, 11) is 0. The van der Waals surface area contributed by atoms with Gasteiger partial charge in [0.2, 0.25) is 0 Å². The highest BCUT2D eigenvalue weighted by molar-refractivity contribution is 6.30. The molecule has 86 valence electrons. The lowest BCUT2D eigenvalue weighted by Gasteiger charge is -2.22. The quantitative estimate of drug-likeness (QED) is 0.881. The van der Waals surface area contributed by atoms with Gasteiger partial charge in [0.15, 0.2) is 0 Å². The van der Waals surface area contributed by atoms with Gasteiger partial charge in [0.05, 0.1) is 6.61 Å². The zero-order chi connectivity index (χ0) is 11.4. The second-order valence-corrected chi connectivity index (χ2v) is 4.05. The van der Waals surface area contributed by atoms with Gasteiger partial charge in [-0.2, -0.15) is 0 Å². The largest absolute Gasteiger partial charge is 0.493 e. The van der Waals surface area contributed by atoms with Gasteiger partial charge in [-0.15, -0.1) is 0 Å². The highest BCUT2D eigenvalue weighted by Gasteiger charge is 2.19. The molecule has 0 spiro atoms. The molecule has 1 amide bonds. The maximum absolute atomic E-state index is 10.7. The van der Waals surface area contributed by atoms with E-state index in [1.165, 1.54) is 0 Å². The summed E-state index contributed by atoms with van der Waals surface area (Å²) < 4.78 is 10.4. The van der Waals surface area contributed by atoms with Crippen LogP contribution in [0.3, 0.4) is 0 Å². The first kappa shape index (κ1) is 11.1. The molecule has 1 aliphatic heterocycles. The van der Waals surface area contributed by atoms with Crippen LogP contribution in [0.2, 0.25) is 5.02 Å². The second-order valence-electron chi connectivity index (χ2n) is 3.61. The van der Waals surface area contributed by atoms with Crippen LogP contribution in [0.5, 0.6) is 5.75 Å². The number of amides is 1. The van der Waals surface area contributed by atoms with E-state index in [2.05, 4.69) is 5.32 Å². The third-order valence-electron chi connectivity index (χ3n) is 2.28. The van der Waals surface area contributed by atoms with E-state index in [-0.39, 0.29) is 12.0 Å². The van der Waals surface area contributed by atoms with Gasteiger partial charge in [-0.05, 0) is 24.3 Å². The Hall–Kier alpha value is -1.42. The van der Waals surface area contributed by atoms with E-state index in [0.717, 1.165) is 5.75 Å². The molecule has 1 aromatic rings. The van der Waals surface area contributed by atoms with Gasteiger partial charge in [-0.1, -0.05) is 11.6 Å². The van der Waals surface area contributed by atoms with Crippen LogP contribution in [0.4, 0.5) is 4.79 Å². The highest BCUT2D eigenvalue weighted by Crippen LogP contribution is 2.16. The van der Waals surface area contributed by atoms with Crippen molar-refractivity contribution in [3.8, 4) is 5.75 Å². The summed E-state index contributed by atoms with van der Waals surface area (Å²) in [6.07, 6.45) is -0.359. The Balaban J connectivity index is 1.79. The summed E-state index contributed by atoms with van der Waals surface area (Å²) in [4.78, 5) is 10.7. The molecule has 1 unspecified atom stereocenters. The van der Waals surface area contributed by atoms with Crippen LogP contribution in [-0.4, -0.2) is 25.9 Å². The normalized spacial score (nSPS) is 19.8. The van der Waals surface area contributed by atoms with Gasteiger partial charge in [0.1, 0.15) is 12.4 Å². The van der Waals surface area contributed by atoms with Gasteiger partial charge in [0.25, 0.3) is 0 Å². The number of benzene rings is 1. The van der Waals surface area contributed by atoms with E-state index >= 15 is 0 Å². The van der Waals surface area contributed by atoms with Crippen LogP contribution < -0.4 is 10.1 Å². The summed E-state index contributed by atoms with van der Waals surface area (Å²) in [5.41, 5.74) is 0. The summed E-state index contributed by atoms with van der Waals surface area (Å²) in [5.74, 6) is 0.953. The molecule has 1 N–H and O–H groups in total. The number of hydrogen-bond acceptors (Lipinski definition) is 3. The third-order valence-corrected chi connectivity index (χ3v) is 2.54. The minimum absolute atomic E-state index is 0.188. The van der Waals surface area contributed by atoms with Crippen molar-refractivity contribution in [1.29, 1.82) is 0 Å². The summed E-state index contributed by atoms with van der Waals surface area (Å²) in [6.45, 7) is 1.51. The number of nitrogens with one attached hydrogen (secondary N) is 1. The first-order chi connectivity index (χ1) is 7.74. The Kier molecular flexibility index (Phi) is 3.51. The molecule has 4 nitrogen and oxygen atoms in total. The molecule has 5 heteroatoms. The van der Waals surface area contributed by atoms with Gasteiger partial charge in [-0.25, -0.2) is 4.79 Å². The number of cyclic esters (lactones) is 1. The number of carbonyl (C=O) groups excluding carboxylic acids is 1. The van der Waals surface area contributed by atoms with Crippen LogP contribution in [-0.2, 0) is 4.74 Å². The number of alkyl carbamates (subject to hydrolysis) is 1. The summed E-state index contributed by atoms with van der Waals surface area (Å²) >= 11 is 5.75. The van der Waals surface area contributed by atoms with Crippen molar-refractivity contribution in [2.45, 2.75) is 0 Å². The van der Waals surface area contributed by atoms with E-state index < -0.39 is 0 Å². The molecular formula is C11H12ClNO3. The Bertz CT molecular complexity index is 356. The molecule has 0 aromatic heterocycles. The first-order valence-electron chi connectivity index (χ1n) is 5.03. The maximum Gasteiger partial charge on any atom is 0.407 e. The fourth-order valence-corrected chi connectivity index (χ4v) is 1.51. The van der Waals surface area contributed by atoms with Gasteiger partial charge >= 0.3 is 6.09 Å². The van der Waals surface area contributed by atoms with Crippen LogP contribution in [0.15, 0.2) is 24.3 Å².